The number of benzene rings is 1. The molecule has 1 N–H and O–H groups in total. The highest BCUT2D eigenvalue weighted by Gasteiger charge is 2.29. The minimum Gasteiger partial charge on any atom is -0.497 e. The van der Waals surface area contributed by atoms with Crippen LogP contribution in [0.4, 0.5) is 0 Å². The molecule has 2 aromatic rings. The molecule has 0 saturated carbocycles. The maximum absolute atomic E-state index is 6.04. The van der Waals surface area contributed by atoms with Gasteiger partial charge in [0, 0.05) is 17.3 Å². The Hall–Kier alpha value is -1.36. The van der Waals surface area contributed by atoms with E-state index in [1.807, 2.05) is 30.5 Å². The van der Waals surface area contributed by atoms with Crippen LogP contribution in [-0.4, -0.2) is 27.3 Å². The molecule has 4 heteroatoms. The van der Waals surface area contributed by atoms with Crippen LogP contribution in [0.25, 0.3) is 0 Å². The number of hydrogen-bond acceptors (Lipinski definition) is 4. The summed E-state index contributed by atoms with van der Waals surface area (Å²) < 4.78 is 11.3. The third kappa shape index (κ3) is 2.46. The van der Waals surface area contributed by atoms with E-state index in [9.17, 15) is 0 Å². The Morgan fingerprint density at radius 2 is 2.10 bits per heavy atom. The van der Waals surface area contributed by atoms with Crippen molar-refractivity contribution in [2.75, 3.05) is 27.3 Å². The molecule has 0 spiro atoms. The Labute approximate surface area is 123 Å². The maximum Gasteiger partial charge on any atom is 0.118 e. The summed E-state index contributed by atoms with van der Waals surface area (Å²) in [5.41, 5.74) is 2.62. The summed E-state index contributed by atoms with van der Waals surface area (Å²) in [6, 6.07) is 10.5. The minimum absolute atomic E-state index is 0.177. The van der Waals surface area contributed by atoms with Crippen molar-refractivity contribution in [1.82, 2.24) is 5.32 Å². The van der Waals surface area contributed by atoms with Crippen LogP contribution in [0.15, 0.2) is 35.7 Å². The van der Waals surface area contributed by atoms with Crippen molar-refractivity contribution in [3.8, 4) is 5.75 Å². The predicted molar refractivity (Wildman–Crippen MR) is 81.8 cm³/mol. The maximum atomic E-state index is 6.04. The van der Waals surface area contributed by atoms with E-state index >= 15 is 0 Å². The van der Waals surface area contributed by atoms with E-state index in [2.05, 4.69) is 28.9 Å². The molecule has 0 radical (unpaired) electrons. The van der Waals surface area contributed by atoms with Gasteiger partial charge in [0.05, 0.1) is 19.8 Å². The van der Waals surface area contributed by atoms with E-state index in [1.165, 1.54) is 16.0 Å². The first-order chi connectivity index (χ1) is 9.83. The molecule has 0 aliphatic carbocycles. The third-order valence-electron chi connectivity index (χ3n) is 3.76. The summed E-state index contributed by atoms with van der Waals surface area (Å²) in [5.74, 6) is 1.23. The van der Waals surface area contributed by atoms with Gasteiger partial charge in [0.25, 0.3) is 0 Å². The molecule has 2 heterocycles. The fraction of sp³-hybridized carbons (Fsp3) is 0.375. The van der Waals surface area contributed by atoms with Crippen molar-refractivity contribution < 1.29 is 9.47 Å². The molecule has 1 aromatic carbocycles. The van der Waals surface area contributed by atoms with Crippen LogP contribution in [0.2, 0.25) is 0 Å². The van der Waals surface area contributed by atoms with Crippen LogP contribution < -0.4 is 10.1 Å². The van der Waals surface area contributed by atoms with Crippen molar-refractivity contribution in [3.05, 3.63) is 51.7 Å². The highest BCUT2D eigenvalue weighted by molar-refractivity contribution is 7.10. The molecule has 20 heavy (non-hydrogen) atoms. The average molecular weight is 289 g/mol. The van der Waals surface area contributed by atoms with Gasteiger partial charge in [0.1, 0.15) is 5.75 Å². The lowest BCUT2D eigenvalue weighted by Crippen LogP contribution is -2.27. The lowest BCUT2D eigenvalue weighted by Gasteiger charge is -2.29. The van der Waals surface area contributed by atoms with Crippen molar-refractivity contribution >= 4 is 11.3 Å². The Kier molecular flexibility index (Phi) is 4.05. The van der Waals surface area contributed by atoms with Crippen molar-refractivity contribution in [2.24, 2.45) is 0 Å². The number of hydrogen-bond donors (Lipinski definition) is 1. The van der Waals surface area contributed by atoms with Gasteiger partial charge in [0.15, 0.2) is 0 Å². The molecule has 1 aliphatic rings. The number of fused-ring (bicyclic) bond motifs is 1. The number of ether oxygens (including phenoxy) is 2. The Bertz CT molecular complexity index is 564. The summed E-state index contributed by atoms with van der Waals surface area (Å²) >= 11 is 1.83. The van der Waals surface area contributed by atoms with E-state index in [4.69, 9.17) is 9.47 Å². The van der Waals surface area contributed by atoms with Crippen LogP contribution >= 0.6 is 11.3 Å². The zero-order valence-electron chi connectivity index (χ0n) is 11.8. The van der Waals surface area contributed by atoms with Crippen LogP contribution in [0.1, 0.15) is 28.0 Å². The minimum atomic E-state index is 0.177. The van der Waals surface area contributed by atoms with E-state index in [-0.39, 0.29) is 6.10 Å². The van der Waals surface area contributed by atoms with Crippen LogP contribution in [0.3, 0.4) is 0 Å². The highest BCUT2D eigenvalue weighted by Crippen LogP contribution is 2.40. The van der Waals surface area contributed by atoms with Gasteiger partial charge >= 0.3 is 0 Å². The van der Waals surface area contributed by atoms with Crippen LogP contribution in [0, 0.1) is 0 Å². The van der Waals surface area contributed by atoms with Gasteiger partial charge in [0.2, 0.25) is 0 Å². The number of likely N-dealkylation sites (N-methyl/N-ethyl adjacent to an activating group) is 1. The normalized spacial score (nSPS) is 21.5. The standard InChI is InChI=1S/C16H19NO2S/c1-17-9-15-13-7-8-20-16(13)14(10-19-15)11-3-5-12(18-2)6-4-11/h3-8,14-15,17H,9-10H2,1-2H3. The van der Waals surface area contributed by atoms with Crippen molar-refractivity contribution in [3.63, 3.8) is 0 Å². The zero-order chi connectivity index (χ0) is 13.9. The fourth-order valence-corrected chi connectivity index (χ4v) is 3.76. The van der Waals surface area contributed by atoms with Crippen LogP contribution in [-0.2, 0) is 4.74 Å². The van der Waals surface area contributed by atoms with Gasteiger partial charge in [-0.3, -0.25) is 0 Å². The monoisotopic (exact) mass is 289 g/mol. The molecule has 0 bridgehead atoms. The lowest BCUT2D eigenvalue weighted by molar-refractivity contribution is 0.0367. The SMILES string of the molecule is CNCC1OCC(c2ccc(OC)cc2)c2sccc21. The first-order valence-corrected chi connectivity index (χ1v) is 7.69. The molecule has 3 rings (SSSR count). The Balaban J connectivity index is 1.89. The summed E-state index contributed by atoms with van der Waals surface area (Å²) in [6.45, 7) is 1.60. The van der Waals surface area contributed by atoms with E-state index in [1.54, 1.807) is 7.11 Å². The molecular weight excluding hydrogens is 270 g/mol. The molecule has 0 amide bonds. The molecular formula is C16H19NO2S. The summed E-state index contributed by atoms with van der Waals surface area (Å²) in [5, 5.41) is 5.37. The third-order valence-corrected chi connectivity index (χ3v) is 4.81. The van der Waals surface area contributed by atoms with Gasteiger partial charge < -0.3 is 14.8 Å². The predicted octanol–water partition coefficient (Wildman–Crippen LogP) is 3.18. The number of rotatable bonds is 4. The molecule has 0 saturated heterocycles. The average Bonchev–Trinajstić information content (AvgIpc) is 2.98. The molecule has 0 fully saturated rings. The summed E-state index contributed by atoms with van der Waals surface area (Å²) in [4.78, 5) is 1.43. The molecule has 1 aromatic heterocycles. The summed E-state index contributed by atoms with van der Waals surface area (Å²) in [7, 11) is 3.66. The smallest absolute Gasteiger partial charge is 0.118 e. The fourth-order valence-electron chi connectivity index (χ4n) is 2.70. The summed E-state index contributed by atoms with van der Waals surface area (Å²) in [6.07, 6.45) is 0.177. The van der Waals surface area contributed by atoms with Gasteiger partial charge in [-0.15, -0.1) is 11.3 Å². The first kappa shape index (κ1) is 13.6. The highest BCUT2D eigenvalue weighted by atomic mass is 32.1. The molecule has 3 nitrogen and oxygen atoms in total. The molecule has 2 atom stereocenters. The second-order valence-electron chi connectivity index (χ2n) is 4.95. The quantitative estimate of drug-likeness (QED) is 0.937. The lowest BCUT2D eigenvalue weighted by atomic mass is 9.91. The van der Waals surface area contributed by atoms with Crippen molar-refractivity contribution in [2.45, 2.75) is 12.0 Å². The first-order valence-electron chi connectivity index (χ1n) is 6.81. The zero-order valence-corrected chi connectivity index (χ0v) is 12.6. The van der Waals surface area contributed by atoms with Gasteiger partial charge in [-0.1, -0.05) is 12.1 Å². The Morgan fingerprint density at radius 1 is 1.30 bits per heavy atom. The van der Waals surface area contributed by atoms with Crippen LogP contribution in [0.5, 0.6) is 5.75 Å². The second-order valence-corrected chi connectivity index (χ2v) is 5.89. The largest absolute Gasteiger partial charge is 0.497 e. The van der Waals surface area contributed by atoms with Crippen molar-refractivity contribution in [1.29, 1.82) is 0 Å². The number of nitrogens with one attached hydrogen (secondary N) is 1. The molecule has 106 valence electrons. The molecule has 2 unspecified atom stereocenters. The Morgan fingerprint density at radius 3 is 2.80 bits per heavy atom. The van der Waals surface area contributed by atoms with E-state index in [0.29, 0.717) is 5.92 Å². The number of methoxy groups -OCH3 is 1. The topological polar surface area (TPSA) is 30.5 Å². The second kappa shape index (κ2) is 5.95. The van der Waals surface area contributed by atoms with Gasteiger partial charge in [-0.05, 0) is 41.8 Å². The van der Waals surface area contributed by atoms with Gasteiger partial charge in [-0.25, -0.2) is 0 Å². The molecule has 1 aliphatic heterocycles. The van der Waals surface area contributed by atoms with E-state index < -0.39 is 0 Å². The van der Waals surface area contributed by atoms with Gasteiger partial charge in [-0.2, -0.15) is 0 Å². The van der Waals surface area contributed by atoms with E-state index in [0.717, 1.165) is 18.9 Å². The number of thiophene rings is 1.